The molecule has 0 aliphatic rings. The number of hydrogen-bond donors (Lipinski definition) is 2. The second-order valence-electron chi connectivity index (χ2n) is 5.97. The number of hydrogen-bond acceptors (Lipinski definition) is 4. The molecule has 3 rings (SSSR count). The number of nitrogens with zero attached hydrogens (tertiary/aromatic N) is 2. The molecule has 134 valence electrons. The Morgan fingerprint density at radius 3 is 2.50 bits per heavy atom. The lowest BCUT2D eigenvalue weighted by atomic mass is 10.1. The van der Waals surface area contributed by atoms with E-state index in [1.807, 2.05) is 18.2 Å². The summed E-state index contributed by atoms with van der Waals surface area (Å²) in [6, 6.07) is 17.2. The Hall–Kier alpha value is -3.15. The van der Waals surface area contributed by atoms with Gasteiger partial charge in [-0.2, -0.15) is 5.10 Å². The molecule has 6 heteroatoms. The molecular formula is C20H22N4O2. The number of rotatable bonds is 7. The zero-order chi connectivity index (χ0) is 18.4. The van der Waals surface area contributed by atoms with Gasteiger partial charge in [0.25, 0.3) is 11.5 Å². The van der Waals surface area contributed by atoms with E-state index in [-0.39, 0.29) is 17.2 Å². The first-order valence-corrected chi connectivity index (χ1v) is 8.76. The lowest BCUT2D eigenvalue weighted by molar-refractivity contribution is 0.0949. The quantitative estimate of drug-likeness (QED) is 0.642. The molecule has 3 aromatic rings. The zero-order valence-electron chi connectivity index (χ0n) is 14.7. The molecule has 0 aliphatic carbocycles. The average Bonchev–Trinajstić information content (AvgIpc) is 2.69. The van der Waals surface area contributed by atoms with Crippen LogP contribution in [0.1, 0.15) is 23.8 Å². The number of fused-ring (bicyclic) bond motifs is 1. The van der Waals surface area contributed by atoms with Crippen LogP contribution < -0.4 is 15.8 Å². The summed E-state index contributed by atoms with van der Waals surface area (Å²) in [5, 5.41) is 10.2. The first kappa shape index (κ1) is 17.7. The van der Waals surface area contributed by atoms with Crippen molar-refractivity contribution >= 4 is 22.4 Å². The Balaban J connectivity index is 1.60. The van der Waals surface area contributed by atoms with Gasteiger partial charge in [-0.1, -0.05) is 36.4 Å². The smallest absolute Gasteiger partial charge is 0.272 e. The fourth-order valence-corrected chi connectivity index (χ4v) is 2.95. The maximum Gasteiger partial charge on any atom is 0.272 e. The normalized spacial score (nSPS) is 10.7. The van der Waals surface area contributed by atoms with Gasteiger partial charge in [0.05, 0.1) is 5.39 Å². The third-order valence-electron chi connectivity index (χ3n) is 4.30. The number of nitrogens with one attached hydrogen (secondary N) is 2. The molecule has 0 saturated carbocycles. The van der Waals surface area contributed by atoms with E-state index in [9.17, 15) is 9.59 Å². The van der Waals surface area contributed by atoms with Gasteiger partial charge in [0, 0.05) is 30.7 Å². The van der Waals surface area contributed by atoms with Gasteiger partial charge in [-0.25, -0.2) is 5.10 Å². The summed E-state index contributed by atoms with van der Waals surface area (Å²) in [5.41, 5.74) is 1.13. The number of benzene rings is 2. The van der Waals surface area contributed by atoms with Crippen LogP contribution in [0.5, 0.6) is 0 Å². The van der Waals surface area contributed by atoms with Crippen molar-refractivity contribution in [2.45, 2.75) is 13.3 Å². The minimum Gasteiger partial charge on any atom is -0.372 e. The molecular weight excluding hydrogens is 328 g/mol. The number of aromatic amines is 1. The molecule has 2 aromatic carbocycles. The van der Waals surface area contributed by atoms with Gasteiger partial charge in [0.1, 0.15) is 0 Å². The van der Waals surface area contributed by atoms with Crippen molar-refractivity contribution in [2.24, 2.45) is 0 Å². The Morgan fingerprint density at radius 2 is 1.77 bits per heavy atom. The predicted octanol–water partition coefficient (Wildman–Crippen LogP) is 2.57. The number of para-hydroxylation sites is 1. The van der Waals surface area contributed by atoms with Crippen molar-refractivity contribution in [1.82, 2.24) is 15.5 Å². The largest absolute Gasteiger partial charge is 0.372 e. The van der Waals surface area contributed by atoms with Gasteiger partial charge in [-0.3, -0.25) is 9.59 Å². The van der Waals surface area contributed by atoms with Gasteiger partial charge in [0.2, 0.25) is 0 Å². The van der Waals surface area contributed by atoms with Crippen LogP contribution in [0.15, 0.2) is 59.4 Å². The lowest BCUT2D eigenvalue weighted by Gasteiger charge is -2.23. The molecule has 1 aromatic heterocycles. The molecule has 0 fully saturated rings. The van der Waals surface area contributed by atoms with Crippen molar-refractivity contribution in [3.63, 3.8) is 0 Å². The number of amides is 1. The van der Waals surface area contributed by atoms with Crippen LogP contribution in [-0.4, -0.2) is 35.7 Å². The fraction of sp³-hybridized carbons (Fsp3) is 0.250. The Morgan fingerprint density at radius 1 is 1.08 bits per heavy atom. The van der Waals surface area contributed by atoms with Crippen molar-refractivity contribution in [2.75, 3.05) is 24.5 Å². The SMILES string of the molecule is CCN(CCCNC(=O)c1n[nH]c(=O)c2ccccc12)c1ccccc1. The van der Waals surface area contributed by atoms with Crippen molar-refractivity contribution < 1.29 is 4.79 Å². The molecule has 0 atom stereocenters. The van der Waals surface area contributed by atoms with Crippen LogP contribution >= 0.6 is 0 Å². The van der Waals surface area contributed by atoms with E-state index in [0.29, 0.717) is 17.3 Å². The average molecular weight is 350 g/mol. The Labute approximate surface area is 151 Å². The number of aromatic nitrogens is 2. The molecule has 1 amide bonds. The summed E-state index contributed by atoms with van der Waals surface area (Å²) in [7, 11) is 0. The minimum absolute atomic E-state index is 0.246. The summed E-state index contributed by atoms with van der Waals surface area (Å²) < 4.78 is 0. The summed E-state index contributed by atoms with van der Waals surface area (Å²) in [4.78, 5) is 26.5. The number of carbonyl (C=O) groups excluding carboxylic acids is 1. The molecule has 2 N–H and O–H groups in total. The summed E-state index contributed by atoms with van der Waals surface area (Å²) in [6.07, 6.45) is 0.815. The van der Waals surface area contributed by atoms with Crippen LogP contribution in [-0.2, 0) is 0 Å². The maximum absolute atomic E-state index is 12.4. The molecule has 0 saturated heterocycles. The van der Waals surface area contributed by atoms with Crippen molar-refractivity contribution in [3.8, 4) is 0 Å². The van der Waals surface area contributed by atoms with E-state index in [2.05, 4.69) is 39.5 Å². The number of carbonyl (C=O) groups is 1. The van der Waals surface area contributed by atoms with Crippen LogP contribution in [0, 0.1) is 0 Å². The van der Waals surface area contributed by atoms with Crippen LogP contribution in [0.25, 0.3) is 10.8 Å². The Kier molecular flexibility index (Phi) is 5.63. The molecule has 0 radical (unpaired) electrons. The predicted molar refractivity (Wildman–Crippen MR) is 104 cm³/mol. The highest BCUT2D eigenvalue weighted by molar-refractivity contribution is 6.04. The lowest BCUT2D eigenvalue weighted by Crippen LogP contribution is -2.31. The minimum atomic E-state index is -0.293. The van der Waals surface area contributed by atoms with Gasteiger partial charge in [-0.15, -0.1) is 0 Å². The summed E-state index contributed by atoms with van der Waals surface area (Å²) >= 11 is 0. The highest BCUT2D eigenvalue weighted by Gasteiger charge is 2.13. The Bertz CT molecular complexity index is 937. The van der Waals surface area contributed by atoms with Crippen LogP contribution in [0.2, 0.25) is 0 Å². The number of H-pyrrole nitrogens is 1. The van der Waals surface area contributed by atoms with E-state index in [4.69, 9.17) is 0 Å². The first-order chi connectivity index (χ1) is 12.7. The van der Waals surface area contributed by atoms with Gasteiger partial charge in [-0.05, 0) is 31.5 Å². The van der Waals surface area contributed by atoms with Gasteiger partial charge in [0.15, 0.2) is 5.69 Å². The highest BCUT2D eigenvalue weighted by Crippen LogP contribution is 2.13. The zero-order valence-corrected chi connectivity index (χ0v) is 14.7. The second-order valence-corrected chi connectivity index (χ2v) is 5.97. The van der Waals surface area contributed by atoms with Crippen molar-refractivity contribution in [3.05, 3.63) is 70.6 Å². The maximum atomic E-state index is 12.4. The van der Waals surface area contributed by atoms with Crippen LogP contribution in [0.4, 0.5) is 5.69 Å². The molecule has 26 heavy (non-hydrogen) atoms. The standard InChI is InChI=1S/C20H22N4O2/c1-2-24(15-9-4-3-5-10-15)14-8-13-21-20(26)18-16-11-6-7-12-17(16)19(25)23-22-18/h3-7,9-12H,2,8,13-14H2,1H3,(H,21,26)(H,23,25). The topological polar surface area (TPSA) is 78.1 Å². The third-order valence-corrected chi connectivity index (χ3v) is 4.30. The molecule has 0 spiro atoms. The second kappa shape index (κ2) is 8.29. The molecule has 0 bridgehead atoms. The third kappa shape index (κ3) is 3.91. The first-order valence-electron chi connectivity index (χ1n) is 8.76. The van der Waals surface area contributed by atoms with Gasteiger partial charge < -0.3 is 10.2 Å². The monoisotopic (exact) mass is 350 g/mol. The van der Waals surface area contributed by atoms with E-state index in [0.717, 1.165) is 19.5 Å². The summed E-state index contributed by atoms with van der Waals surface area (Å²) in [5.74, 6) is -0.278. The van der Waals surface area contributed by atoms with E-state index in [1.54, 1.807) is 24.3 Å². The van der Waals surface area contributed by atoms with Crippen LogP contribution in [0.3, 0.4) is 0 Å². The molecule has 6 nitrogen and oxygen atoms in total. The van der Waals surface area contributed by atoms with Crippen molar-refractivity contribution in [1.29, 1.82) is 0 Å². The van der Waals surface area contributed by atoms with Gasteiger partial charge >= 0.3 is 0 Å². The van der Waals surface area contributed by atoms with E-state index < -0.39 is 0 Å². The molecule has 1 heterocycles. The van der Waals surface area contributed by atoms with E-state index >= 15 is 0 Å². The molecule has 0 aliphatic heterocycles. The number of anilines is 1. The molecule has 0 unspecified atom stereocenters. The summed E-state index contributed by atoms with van der Waals surface area (Å²) in [6.45, 7) is 4.41. The fourth-order valence-electron chi connectivity index (χ4n) is 2.95. The highest BCUT2D eigenvalue weighted by atomic mass is 16.2. The van der Waals surface area contributed by atoms with E-state index in [1.165, 1.54) is 5.69 Å².